The number of pyridine rings is 1. The van der Waals surface area contributed by atoms with Gasteiger partial charge in [0.05, 0.1) is 7.11 Å². The molecule has 2 heterocycles. The van der Waals surface area contributed by atoms with E-state index in [-0.39, 0.29) is 0 Å². The van der Waals surface area contributed by atoms with Crippen LogP contribution in [0, 0.1) is 0 Å². The molecule has 2 aromatic heterocycles. The highest BCUT2D eigenvalue weighted by atomic mass is 16.5. The Kier molecular flexibility index (Phi) is 5.15. The Morgan fingerprint density at radius 3 is 2.61 bits per heavy atom. The smallest absolute Gasteiger partial charge is 0.264 e. The van der Waals surface area contributed by atoms with Gasteiger partial charge in [-0.1, -0.05) is 30.3 Å². The topological polar surface area (TPSA) is 82.3 Å². The van der Waals surface area contributed by atoms with Gasteiger partial charge in [0, 0.05) is 30.4 Å². The van der Waals surface area contributed by atoms with Gasteiger partial charge in [-0.15, -0.1) is 0 Å². The molecule has 4 aromatic rings. The van der Waals surface area contributed by atoms with Crippen LogP contribution in [0.4, 0.5) is 5.95 Å². The second kappa shape index (κ2) is 8.22. The highest BCUT2D eigenvalue weighted by molar-refractivity contribution is 5.53. The Morgan fingerprint density at radius 2 is 1.82 bits per heavy atom. The zero-order valence-electron chi connectivity index (χ0n) is 15.2. The Balaban J connectivity index is 1.35. The normalized spacial score (nSPS) is 10.5. The molecule has 0 aliphatic carbocycles. The summed E-state index contributed by atoms with van der Waals surface area (Å²) in [6, 6.07) is 20.7. The molecule has 0 saturated carbocycles. The van der Waals surface area contributed by atoms with Crippen molar-refractivity contribution in [1.29, 1.82) is 0 Å². The Bertz CT molecular complexity index is 1030. The molecular formula is C21H18N4O3. The first kappa shape index (κ1) is 17.5. The van der Waals surface area contributed by atoms with Crippen LogP contribution in [-0.4, -0.2) is 22.2 Å². The van der Waals surface area contributed by atoms with E-state index in [9.17, 15) is 0 Å². The monoisotopic (exact) mass is 374 g/mol. The fourth-order valence-electron chi connectivity index (χ4n) is 2.54. The molecule has 1 N–H and O–H groups in total. The third kappa shape index (κ3) is 4.27. The molecule has 7 heteroatoms. The van der Waals surface area contributed by atoms with Crippen LogP contribution in [-0.2, 0) is 6.54 Å². The predicted octanol–water partition coefficient (Wildman–Crippen LogP) is 4.54. The van der Waals surface area contributed by atoms with Gasteiger partial charge in [-0.05, 0) is 35.0 Å². The molecule has 0 aliphatic rings. The highest BCUT2D eigenvalue weighted by Crippen LogP contribution is 2.24. The fourth-order valence-corrected chi connectivity index (χ4v) is 2.54. The maximum atomic E-state index is 5.74. The number of nitrogens with one attached hydrogen (secondary N) is 1. The predicted molar refractivity (Wildman–Crippen MR) is 104 cm³/mol. The summed E-state index contributed by atoms with van der Waals surface area (Å²) in [5.41, 5.74) is 1.84. The quantitative estimate of drug-likeness (QED) is 0.508. The average Bonchev–Trinajstić information content (AvgIpc) is 3.23. The molecule has 0 amide bonds. The van der Waals surface area contributed by atoms with E-state index < -0.39 is 0 Å². The number of hydrogen-bond donors (Lipinski definition) is 1. The van der Waals surface area contributed by atoms with Crippen LogP contribution in [0.2, 0.25) is 0 Å². The number of aromatic nitrogens is 3. The summed E-state index contributed by atoms with van der Waals surface area (Å²) >= 11 is 0. The first-order valence-corrected chi connectivity index (χ1v) is 8.70. The van der Waals surface area contributed by atoms with E-state index in [2.05, 4.69) is 20.4 Å². The molecule has 0 fully saturated rings. The van der Waals surface area contributed by atoms with Gasteiger partial charge in [0.15, 0.2) is 0 Å². The van der Waals surface area contributed by atoms with Gasteiger partial charge in [-0.2, -0.15) is 4.98 Å². The lowest BCUT2D eigenvalue weighted by molar-refractivity contribution is 0.407. The summed E-state index contributed by atoms with van der Waals surface area (Å²) in [6.07, 6.45) is 1.74. The molecule has 4 rings (SSSR count). The van der Waals surface area contributed by atoms with Crippen molar-refractivity contribution in [2.45, 2.75) is 6.54 Å². The fraction of sp³-hybridized carbons (Fsp3) is 0.0952. The van der Waals surface area contributed by atoms with Crippen molar-refractivity contribution in [3.05, 3.63) is 78.5 Å². The summed E-state index contributed by atoms with van der Waals surface area (Å²) in [5.74, 6) is 2.80. The van der Waals surface area contributed by atoms with Gasteiger partial charge in [0.25, 0.3) is 11.8 Å². The van der Waals surface area contributed by atoms with Crippen LogP contribution >= 0.6 is 0 Å². The van der Waals surface area contributed by atoms with Crippen LogP contribution in [0.1, 0.15) is 5.56 Å². The minimum atomic E-state index is 0.426. The molecule has 0 atom stereocenters. The molecule has 2 aromatic carbocycles. The van der Waals surface area contributed by atoms with Crippen molar-refractivity contribution in [2.75, 3.05) is 12.4 Å². The number of anilines is 1. The standard InChI is InChI=1S/C21H18N4O3/c1-26-17-8-5-9-18(12-17)27-19-11-10-15(13-22-19)14-23-21-24-20(28-25-21)16-6-3-2-4-7-16/h2-13H,14H2,1H3,(H,23,25). The highest BCUT2D eigenvalue weighted by Gasteiger charge is 2.08. The average molecular weight is 374 g/mol. The van der Waals surface area contributed by atoms with Gasteiger partial charge in [-0.25, -0.2) is 4.98 Å². The molecule has 7 nitrogen and oxygen atoms in total. The molecule has 140 valence electrons. The molecule has 28 heavy (non-hydrogen) atoms. The van der Waals surface area contributed by atoms with Crippen molar-refractivity contribution >= 4 is 5.95 Å². The molecule has 0 unspecified atom stereocenters. The number of hydrogen-bond acceptors (Lipinski definition) is 7. The van der Waals surface area contributed by atoms with E-state index in [1.807, 2.05) is 60.7 Å². The van der Waals surface area contributed by atoms with Crippen molar-refractivity contribution in [3.63, 3.8) is 0 Å². The third-order valence-corrected chi connectivity index (χ3v) is 3.96. The number of rotatable bonds is 7. The molecule has 0 radical (unpaired) electrons. The Labute approximate surface area is 162 Å². The van der Waals surface area contributed by atoms with Crippen LogP contribution in [0.15, 0.2) is 77.4 Å². The van der Waals surface area contributed by atoms with Crippen molar-refractivity contribution in [1.82, 2.24) is 15.1 Å². The van der Waals surface area contributed by atoms with Gasteiger partial charge >= 0.3 is 0 Å². The Hall–Kier alpha value is -3.87. The van der Waals surface area contributed by atoms with E-state index in [4.69, 9.17) is 14.0 Å². The molecule has 0 spiro atoms. The summed E-state index contributed by atoms with van der Waals surface area (Å²) in [5, 5.41) is 7.07. The lowest BCUT2D eigenvalue weighted by Gasteiger charge is -2.07. The second-order valence-corrected chi connectivity index (χ2v) is 5.93. The summed E-state index contributed by atoms with van der Waals surface area (Å²) in [7, 11) is 1.62. The molecular weight excluding hydrogens is 356 g/mol. The molecule has 0 bridgehead atoms. The summed E-state index contributed by atoms with van der Waals surface area (Å²) < 4.78 is 16.2. The minimum Gasteiger partial charge on any atom is -0.497 e. The summed E-state index contributed by atoms with van der Waals surface area (Å²) in [4.78, 5) is 8.67. The van der Waals surface area contributed by atoms with Crippen molar-refractivity contribution < 1.29 is 14.0 Å². The van der Waals surface area contributed by atoms with Gasteiger partial charge in [-0.3, -0.25) is 0 Å². The lowest BCUT2D eigenvalue weighted by atomic mass is 10.2. The SMILES string of the molecule is COc1cccc(Oc2ccc(CNc3noc(-c4ccccc4)n3)cn2)c1. The van der Waals surface area contributed by atoms with E-state index >= 15 is 0 Å². The molecule has 0 saturated heterocycles. The minimum absolute atomic E-state index is 0.426. The van der Waals surface area contributed by atoms with Gasteiger partial charge < -0.3 is 19.3 Å². The van der Waals surface area contributed by atoms with Crippen LogP contribution < -0.4 is 14.8 Å². The van der Waals surface area contributed by atoms with E-state index in [0.29, 0.717) is 30.0 Å². The van der Waals surface area contributed by atoms with Gasteiger partial charge in [0.1, 0.15) is 11.5 Å². The van der Waals surface area contributed by atoms with Crippen molar-refractivity contribution in [3.8, 4) is 28.8 Å². The largest absolute Gasteiger partial charge is 0.497 e. The van der Waals surface area contributed by atoms with E-state index in [0.717, 1.165) is 16.9 Å². The zero-order valence-corrected chi connectivity index (χ0v) is 15.2. The second-order valence-electron chi connectivity index (χ2n) is 5.93. The Morgan fingerprint density at radius 1 is 0.964 bits per heavy atom. The molecule has 0 aliphatic heterocycles. The maximum absolute atomic E-state index is 5.74. The van der Waals surface area contributed by atoms with Crippen LogP contribution in [0.3, 0.4) is 0 Å². The van der Waals surface area contributed by atoms with E-state index in [1.54, 1.807) is 19.4 Å². The first-order chi connectivity index (χ1) is 13.8. The lowest BCUT2D eigenvalue weighted by Crippen LogP contribution is -2.01. The number of nitrogens with zero attached hydrogens (tertiary/aromatic N) is 3. The zero-order chi connectivity index (χ0) is 19.2. The summed E-state index contributed by atoms with van der Waals surface area (Å²) in [6.45, 7) is 0.514. The first-order valence-electron chi connectivity index (χ1n) is 8.70. The van der Waals surface area contributed by atoms with Crippen LogP contribution in [0.5, 0.6) is 17.4 Å². The number of benzene rings is 2. The maximum Gasteiger partial charge on any atom is 0.264 e. The van der Waals surface area contributed by atoms with E-state index in [1.165, 1.54) is 0 Å². The third-order valence-electron chi connectivity index (χ3n) is 3.96. The van der Waals surface area contributed by atoms with Crippen molar-refractivity contribution in [2.24, 2.45) is 0 Å². The number of ether oxygens (including phenoxy) is 2. The van der Waals surface area contributed by atoms with Gasteiger partial charge in [0.2, 0.25) is 5.88 Å². The number of methoxy groups -OCH3 is 1. The van der Waals surface area contributed by atoms with Crippen LogP contribution in [0.25, 0.3) is 11.5 Å².